The lowest BCUT2D eigenvalue weighted by molar-refractivity contribution is -0.137. The van der Waals surface area contributed by atoms with Gasteiger partial charge in [-0.05, 0) is 83.9 Å². The minimum absolute atomic E-state index is 0.0773. The first-order valence-corrected chi connectivity index (χ1v) is 12.0. The van der Waals surface area contributed by atoms with Gasteiger partial charge in [0.1, 0.15) is 5.75 Å². The summed E-state index contributed by atoms with van der Waals surface area (Å²) in [4.78, 5) is 12.8. The number of carbonyl (C=O) groups is 1. The van der Waals surface area contributed by atoms with Gasteiger partial charge in [0.05, 0.1) is 12.6 Å². The lowest BCUT2D eigenvalue weighted by Crippen LogP contribution is -2.27. The second kappa shape index (κ2) is 9.57. The van der Waals surface area contributed by atoms with Crippen LogP contribution in [0.1, 0.15) is 71.3 Å². The zero-order chi connectivity index (χ0) is 23.7. The molecule has 3 aromatic carbocycles. The molecule has 0 amide bonds. The van der Waals surface area contributed by atoms with Gasteiger partial charge in [-0.1, -0.05) is 48.5 Å². The van der Waals surface area contributed by atoms with E-state index in [1.165, 1.54) is 5.56 Å². The van der Waals surface area contributed by atoms with Crippen molar-refractivity contribution in [2.75, 3.05) is 6.67 Å². The standard InChI is InChI=1S/C29H28F2O3/c30-16-15-18-1-3-22(4-2-18)26-17-23-11-14-25(27(31)28(23)34-29(26)33)21-7-5-19(6-8-21)20-9-12-24(32)13-10-20/h1-4,9-14,19,21,26,32H,5-8,15-17H2. The Morgan fingerprint density at radius 3 is 2.18 bits per heavy atom. The number of aryl methyl sites for hydroxylation is 1. The SMILES string of the molecule is O=C1Oc2c(ccc(C3CCC(c4ccc(O)cc4)CC3)c2F)CC1c1ccc(CCF)cc1. The summed E-state index contributed by atoms with van der Waals surface area (Å²) in [5, 5.41) is 9.51. The molecule has 1 aliphatic heterocycles. The van der Waals surface area contributed by atoms with Crippen LogP contribution >= 0.6 is 0 Å². The highest BCUT2D eigenvalue weighted by molar-refractivity contribution is 5.83. The Balaban J connectivity index is 1.30. The van der Waals surface area contributed by atoms with E-state index >= 15 is 4.39 Å². The zero-order valence-corrected chi connectivity index (χ0v) is 19.0. The first kappa shape index (κ1) is 22.6. The van der Waals surface area contributed by atoms with Crippen molar-refractivity contribution in [2.24, 2.45) is 0 Å². The van der Waals surface area contributed by atoms with E-state index in [0.717, 1.165) is 36.8 Å². The monoisotopic (exact) mass is 462 g/mol. The molecule has 34 heavy (non-hydrogen) atoms. The first-order valence-electron chi connectivity index (χ1n) is 12.0. The van der Waals surface area contributed by atoms with E-state index in [-0.39, 0.29) is 17.4 Å². The third-order valence-electron chi connectivity index (χ3n) is 7.42. The van der Waals surface area contributed by atoms with Gasteiger partial charge in [-0.3, -0.25) is 9.18 Å². The molecule has 0 saturated heterocycles. The van der Waals surface area contributed by atoms with E-state index in [9.17, 15) is 14.3 Å². The molecular formula is C29H28F2O3. The zero-order valence-electron chi connectivity index (χ0n) is 19.0. The highest BCUT2D eigenvalue weighted by atomic mass is 19.1. The Bertz CT molecular complexity index is 1160. The highest BCUT2D eigenvalue weighted by Gasteiger charge is 2.34. The van der Waals surface area contributed by atoms with Crippen LogP contribution in [0.5, 0.6) is 11.5 Å². The third-order valence-corrected chi connectivity index (χ3v) is 7.42. The number of benzene rings is 3. The molecule has 0 spiro atoms. The van der Waals surface area contributed by atoms with Crippen molar-refractivity contribution in [3.8, 4) is 11.5 Å². The molecule has 1 aliphatic carbocycles. The fourth-order valence-electron chi connectivity index (χ4n) is 5.44. The predicted molar refractivity (Wildman–Crippen MR) is 127 cm³/mol. The summed E-state index contributed by atoms with van der Waals surface area (Å²) in [6.07, 6.45) is 4.37. The Hall–Kier alpha value is -3.21. The van der Waals surface area contributed by atoms with Crippen molar-refractivity contribution in [1.29, 1.82) is 0 Å². The second-order valence-corrected chi connectivity index (χ2v) is 9.46. The quantitative estimate of drug-likeness (QED) is 0.338. The molecule has 0 bridgehead atoms. The van der Waals surface area contributed by atoms with Crippen LogP contribution in [0.4, 0.5) is 8.78 Å². The van der Waals surface area contributed by atoms with Crippen LogP contribution in [0.15, 0.2) is 60.7 Å². The molecule has 3 aromatic rings. The summed E-state index contributed by atoms with van der Waals surface area (Å²) in [5.41, 5.74) is 4.22. The maximum absolute atomic E-state index is 15.5. The number of hydrogen-bond donors (Lipinski definition) is 1. The van der Waals surface area contributed by atoms with Gasteiger partial charge in [0.25, 0.3) is 0 Å². The summed E-state index contributed by atoms with van der Waals surface area (Å²) in [6.45, 7) is -0.418. The number of rotatable bonds is 5. The molecule has 5 heteroatoms. The number of esters is 1. The van der Waals surface area contributed by atoms with Crippen molar-refractivity contribution >= 4 is 5.97 Å². The minimum atomic E-state index is -0.488. The second-order valence-electron chi connectivity index (χ2n) is 9.46. The maximum atomic E-state index is 15.5. The molecule has 1 N–H and O–H groups in total. The molecule has 3 nitrogen and oxygen atoms in total. The van der Waals surface area contributed by atoms with Gasteiger partial charge in [-0.2, -0.15) is 0 Å². The third kappa shape index (κ3) is 4.44. The number of ether oxygens (including phenoxy) is 1. The van der Waals surface area contributed by atoms with Gasteiger partial charge in [0, 0.05) is 6.42 Å². The van der Waals surface area contributed by atoms with Crippen molar-refractivity contribution < 1.29 is 23.4 Å². The minimum Gasteiger partial charge on any atom is -0.508 e. The average Bonchev–Trinajstić information content (AvgIpc) is 2.86. The van der Waals surface area contributed by atoms with Crippen LogP contribution in [-0.4, -0.2) is 17.8 Å². The summed E-state index contributed by atoms with van der Waals surface area (Å²) in [5.74, 6) is -0.496. The first-order chi connectivity index (χ1) is 16.5. The van der Waals surface area contributed by atoms with Crippen molar-refractivity contribution in [2.45, 2.75) is 56.3 Å². The highest BCUT2D eigenvalue weighted by Crippen LogP contribution is 2.44. The summed E-state index contributed by atoms with van der Waals surface area (Å²) in [7, 11) is 0. The molecule has 1 saturated carbocycles. The van der Waals surface area contributed by atoms with Crippen LogP contribution in [0.25, 0.3) is 0 Å². The number of fused-ring (bicyclic) bond motifs is 1. The Kier molecular flexibility index (Phi) is 6.36. The molecule has 0 aromatic heterocycles. The van der Waals surface area contributed by atoms with Gasteiger partial charge < -0.3 is 9.84 Å². The Labute approximate surface area is 198 Å². The molecule has 0 radical (unpaired) electrons. The van der Waals surface area contributed by atoms with Crippen LogP contribution in [0.3, 0.4) is 0 Å². The topological polar surface area (TPSA) is 46.5 Å². The van der Waals surface area contributed by atoms with E-state index < -0.39 is 24.4 Å². The lowest BCUT2D eigenvalue weighted by atomic mass is 9.75. The number of halogens is 2. The number of aromatic hydroxyl groups is 1. The smallest absolute Gasteiger partial charge is 0.319 e. The van der Waals surface area contributed by atoms with E-state index in [2.05, 4.69) is 0 Å². The van der Waals surface area contributed by atoms with Crippen LogP contribution < -0.4 is 4.74 Å². The average molecular weight is 463 g/mol. The summed E-state index contributed by atoms with van der Waals surface area (Å²) >= 11 is 0. The van der Waals surface area contributed by atoms with Gasteiger partial charge in [-0.25, -0.2) is 4.39 Å². The van der Waals surface area contributed by atoms with Gasteiger partial charge in [-0.15, -0.1) is 0 Å². The molecule has 2 aliphatic rings. The van der Waals surface area contributed by atoms with E-state index in [0.29, 0.717) is 29.9 Å². The Morgan fingerprint density at radius 2 is 1.50 bits per heavy atom. The normalized spacial score (nSPS) is 22.2. The molecule has 1 fully saturated rings. The van der Waals surface area contributed by atoms with Crippen molar-refractivity contribution in [1.82, 2.24) is 0 Å². The van der Waals surface area contributed by atoms with E-state index in [1.807, 2.05) is 48.5 Å². The molecule has 1 unspecified atom stereocenters. The Morgan fingerprint density at radius 1 is 0.853 bits per heavy atom. The number of alkyl halides is 1. The summed E-state index contributed by atoms with van der Waals surface area (Å²) in [6, 6.07) is 18.4. The van der Waals surface area contributed by atoms with Crippen molar-refractivity contribution in [3.05, 3.63) is 94.3 Å². The van der Waals surface area contributed by atoms with Gasteiger partial charge in [0.15, 0.2) is 11.6 Å². The number of hydrogen-bond acceptors (Lipinski definition) is 3. The fraction of sp³-hybridized carbons (Fsp3) is 0.345. The number of phenolic OH excluding ortho intramolecular Hbond substituents is 1. The van der Waals surface area contributed by atoms with Crippen molar-refractivity contribution in [3.63, 3.8) is 0 Å². The lowest BCUT2D eigenvalue weighted by Gasteiger charge is -2.31. The van der Waals surface area contributed by atoms with E-state index in [1.54, 1.807) is 12.1 Å². The van der Waals surface area contributed by atoms with Crippen LogP contribution in [0.2, 0.25) is 0 Å². The number of carbonyl (C=O) groups excluding carboxylic acids is 1. The molecule has 176 valence electrons. The predicted octanol–water partition coefficient (Wildman–Crippen LogP) is 6.73. The summed E-state index contributed by atoms with van der Waals surface area (Å²) < 4.78 is 33.6. The van der Waals surface area contributed by atoms with Gasteiger partial charge >= 0.3 is 5.97 Å². The molecule has 1 atom stereocenters. The fourth-order valence-corrected chi connectivity index (χ4v) is 5.44. The van der Waals surface area contributed by atoms with Gasteiger partial charge in [0.2, 0.25) is 0 Å². The van der Waals surface area contributed by atoms with E-state index in [4.69, 9.17) is 4.74 Å². The molecule has 1 heterocycles. The van der Waals surface area contributed by atoms with Crippen LogP contribution in [0, 0.1) is 5.82 Å². The largest absolute Gasteiger partial charge is 0.508 e. The number of phenols is 1. The molecule has 5 rings (SSSR count). The maximum Gasteiger partial charge on any atom is 0.319 e. The van der Waals surface area contributed by atoms with Crippen LogP contribution in [-0.2, 0) is 17.6 Å². The molecular weight excluding hydrogens is 434 g/mol.